The van der Waals surface area contributed by atoms with Crippen molar-refractivity contribution in [2.75, 3.05) is 0 Å². The predicted molar refractivity (Wildman–Crippen MR) is 205 cm³/mol. The van der Waals surface area contributed by atoms with E-state index in [9.17, 15) is 0 Å². The van der Waals surface area contributed by atoms with Gasteiger partial charge in [-0.2, -0.15) is 0 Å². The number of furan rings is 1. The van der Waals surface area contributed by atoms with Crippen molar-refractivity contribution >= 4 is 29.5 Å². The maximum Gasteiger partial charge on any atom is 0.161 e. The van der Waals surface area contributed by atoms with E-state index >= 15 is 0 Å². The molecule has 0 aliphatic heterocycles. The van der Waals surface area contributed by atoms with Gasteiger partial charge in [0.2, 0.25) is 0 Å². The summed E-state index contributed by atoms with van der Waals surface area (Å²) in [6, 6.07) is 28.6. The minimum atomic E-state index is 0.166. The number of aliphatic imine (C=N–C) groups is 2. The van der Waals surface area contributed by atoms with Crippen LogP contribution >= 0.6 is 0 Å². The highest BCUT2D eigenvalue weighted by Gasteiger charge is 2.31. The van der Waals surface area contributed by atoms with Gasteiger partial charge in [-0.05, 0) is 54.9 Å². The molecule has 1 N–H and O–H groups in total. The monoisotopic (exact) mass is 639 g/mol. The topological polar surface area (TPSA) is 61.7 Å². The molecule has 242 valence electrons. The Hall–Kier alpha value is -5.61. The van der Waals surface area contributed by atoms with E-state index in [1.165, 1.54) is 22.3 Å². The van der Waals surface area contributed by atoms with Crippen LogP contribution in [0.3, 0.4) is 0 Å². The zero-order valence-corrected chi connectivity index (χ0v) is 27.8. The fourth-order valence-electron chi connectivity index (χ4n) is 7.05. The Morgan fingerprint density at radius 1 is 0.918 bits per heavy atom. The van der Waals surface area contributed by atoms with Gasteiger partial charge in [0, 0.05) is 46.7 Å². The van der Waals surface area contributed by atoms with Gasteiger partial charge in [-0.1, -0.05) is 146 Å². The maximum atomic E-state index is 8.87. The first-order valence-electron chi connectivity index (χ1n) is 17.3. The van der Waals surface area contributed by atoms with Crippen LogP contribution in [0.2, 0.25) is 0 Å². The highest BCUT2D eigenvalue weighted by atomic mass is 16.3. The average molecular weight is 640 g/mol. The Kier molecular flexibility index (Phi) is 9.84. The maximum absolute atomic E-state index is 8.87. The fraction of sp³-hybridized carbons (Fsp3) is 0.178. The first-order chi connectivity index (χ1) is 24.2. The number of aryl methyl sites for hydroxylation is 1. The lowest BCUT2D eigenvalue weighted by Crippen LogP contribution is -2.13. The minimum absolute atomic E-state index is 0.166. The Labute approximate surface area is 289 Å². The van der Waals surface area contributed by atoms with Gasteiger partial charge < -0.3 is 4.42 Å². The van der Waals surface area contributed by atoms with Crippen molar-refractivity contribution in [2.45, 2.75) is 50.4 Å². The third-order valence-corrected chi connectivity index (χ3v) is 9.60. The highest BCUT2D eigenvalue weighted by molar-refractivity contribution is 6.13. The van der Waals surface area contributed by atoms with Crippen LogP contribution in [-0.4, -0.2) is 17.9 Å². The summed E-state index contributed by atoms with van der Waals surface area (Å²) in [5, 5.41) is 8.87. The molecule has 2 atom stereocenters. The molecule has 2 unspecified atom stereocenters. The summed E-state index contributed by atoms with van der Waals surface area (Å²) in [5.41, 5.74) is 8.95. The lowest BCUT2D eigenvalue weighted by atomic mass is 9.77. The Bertz CT molecular complexity index is 2030. The van der Waals surface area contributed by atoms with Gasteiger partial charge in [-0.25, -0.2) is 9.98 Å². The second-order valence-electron chi connectivity index (χ2n) is 12.7. The average Bonchev–Trinajstić information content (AvgIpc) is 3.54. The van der Waals surface area contributed by atoms with Gasteiger partial charge in [0.25, 0.3) is 0 Å². The number of nitrogens with zero attached hydrogens (tertiary/aromatic N) is 2. The number of hydrogen-bond donors (Lipinski definition) is 1. The first-order valence-corrected chi connectivity index (χ1v) is 17.3. The van der Waals surface area contributed by atoms with Crippen LogP contribution in [0.15, 0.2) is 160 Å². The quantitative estimate of drug-likeness (QED) is 0.116. The van der Waals surface area contributed by atoms with Crippen LogP contribution < -0.4 is 0 Å². The Morgan fingerprint density at radius 3 is 2.43 bits per heavy atom. The van der Waals surface area contributed by atoms with Gasteiger partial charge in [0.1, 0.15) is 11.5 Å². The molecule has 1 aromatic heterocycles. The van der Waals surface area contributed by atoms with Crippen molar-refractivity contribution in [1.29, 1.82) is 5.41 Å². The van der Waals surface area contributed by atoms with Crippen LogP contribution in [0.1, 0.15) is 88.8 Å². The van der Waals surface area contributed by atoms with Gasteiger partial charge in [0.15, 0.2) is 11.7 Å². The lowest BCUT2D eigenvalue weighted by Gasteiger charge is -2.26. The number of amidine groups is 2. The molecule has 49 heavy (non-hydrogen) atoms. The molecule has 7 rings (SSSR count). The van der Waals surface area contributed by atoms with E-state index in [1.54, 1.807) is 6.08 Å². The Morgan fingerprint density at radius 2 is 1.71 bits per heavy atom. The van der Waals surface area contributed by atoms with Crippen LogP contribution in [0, 0.1) is 5.41 Å². The van der Waals surface area contributed by atoms with E-state index < -0.39 is 0 Å². The summed E-state index contributed by atoms with van der Waals surface area (Å²) in [5.74, 6) is 3.17. The van der Waals surface area contributed by atoms with Crippen LogP contribution in [-0.2, 0) is 6.42 Å². The molecule has 0 fully saturated rings. The van der Waals surface area contributed by atoms with E-state index in [0.29, 0.717) is 17.7 Å². The molecule has 0 amide bonds. The molecule has 0 bridgehead atoms. The van der Waals surface area contributed by atoms with Crippen LogP contribution in [0.4, 0.5) is 0 Å². The van der Waals surface area contributed by atoms with Gasteiger partial charge >= 0.3 is 0 Å². The molecule has 4 heteroatoms. The standard InChI is InChI=1S/C45H41N3O/c1-2-3-21-41-40(43-39(20-13-22-42(43)49-41)36-16-9-5-10-17-36)31-47-45(48-44(46)37-18-11-6-12-19-37)38-29-27-35(28-30-38)34-25-23-33(24-26-34)32-14-7-4-8-15-32/h2-9,11-12,14-16,18-19,21,23,25-31,33,39,46H,1,10,13,17,20,22,24H2/b21-3-,46-44?,47-31?,48-45?. The van der Waals surface area contributed by atoms with Crippen molar-refractivity contribution in [3.63, 3.8) is 0 Å². The van der Waals surface area contributed by atoms with Crippen LogP contribution in [0.5, 0.6) is 0 Å². The number of fused-ring (bicyclic) bond motifs is 1. The number of hydrogen-bond acceptors (Lipinski definition) is 2. The number of allylic oxidation sites excluding steroid dienone is 10. The number of benzene rings is 3. The normalized spacial score (nSPS) is 19.1. The summed E-state index contributed by atoms with van der Waals surface area (Å²) >= 11 is 0. The second-order valence-corrected chi connectivity index (χ2v) is 12.7. The zero-order chi connectivity index (χ0) is 33.4. The summed E-state index contributed by atoms with van der Waals surface area (Å²) in [7, 11) is 0. The second kappa shape index (κ2) is 15.1. The van der Waals surface area contributed by atoms with E-state index in [4.69, 9.17) is 19.8 Å². The molecule has 0 saturated carbocycles. The molecular formula is C45H41N3O. The largest absolute Gasteiger partial charge is 0.461 e. The van der Waals surface area contributed by atoms with Crippen molar-refractivity contribution in [1.82, 2.24) is 0 Å². The number of nitrogens with one attached hydrogen (secondary N) is 1. The fourth-order valence-corrected chi connectivity index (χ4v) is 7.05. The third-order valence-electron chi connectivity index (χ3n) is 9.60. The number of rotatable bonds is 8. The first kappa shape index (κ1) is 32.0. The van der Waals surface area contributed by atoms with Gasteiger partial charge in [-0.15, -0.1) is 0 Å². The van der Waals surface area contributed by atoms with Crippen molar-refractivity contribution in [3.05, 3.63) is 191 Å². The molecule has 4 aromatic rings. The van der Waals surface area contributed by atoms with E-state index in [-0.39, 0.29) is 5.84 Å². The van der Waals surface area contributed by atoms with E-state index in [2.05, 4.69) is 97.6 Å². The molecule has 0 spiro atoms. The molecule has 3 aliphatic carbocycles. The van der Waals surface area contributed by atoms with E-state index in [1.807, 2.05) is 48.7 Å². The highest BCUT2D eigenvalue weighted by Crippen LogP contribution is 2.43. The molecule has 3 aromatic carbocycles. The zero-order valence-electron chi connectivity index (χ0n) is 27.8. The smallest absolute Gasteiger partial charge is 0.161 e. The van der Waals surface area contributed by atoms with Gasteiger partial charge in [-0.3, -0.25) is 5.41 Å². The van der Waals surface area contributed by atoms with Crippen molar-refractivity contribution in [3.8, 4) is 0 Å². The summed E-state index contributed by atoms with van der Waals surface area (Å²) in [6.07, 6.45) is 27.3. The minimum Gasteiger partial charge on any atom is -0.461 e. The SMILES string of the molecule is C=C/C=C\c1oc2c(c1C=NC(=NC(=N)c1ccccc1)c1ccc(C3=CCC(c4ccccc4)C=C3)cc1)C(C1=CC=CCC1)CCC2. The summed E-state index contributed by atoms with van der Waals surface area (Å²) < 4.78 is 6.50. The molecule has 0 radical (unpaired) electrons. The van der Waals surface area contributed by atoms with Crippen molar-refractivity contribution < 1.29 is 4.42 Å². The third kappa shape index (κ3) is 7.29. The molecular weight excluding hydrogens is 599 g/mol. The van der Waals surface area contributed by atoms with Crippen LogP contribution in [0.25, 0.3) is 11.6 Å². The van der Waals surface area contributed by atoms with Gasteiger partial charge in [0.05, 0.1) is 0 Å². The van der Waals surface area contributed by atoms with E-state index in [0.717, 1.165) is 72.3 Å². The Balaban J connectivity index is 1.24. The summed E-state index contributed by atoms with van der Waals surface area (Å²) in [6.45, 7) is 3.88. The predicted octanol–water partition coefficient (Wildman–Crippen LogP) is 11.2. The summed E-state index contributed by atoms with van der Waals surface area (Å²) in [4.78, 5) is 9.85. The molecule has 0 saturated heterocycles. The van der Waals surface area contributed by atoms with Crippen molar-refractivity contribution in [2.24, 2.45) is 9.98 Å². The molecule has 1 heterocycles. The molecule has 4 nitrogen and oxygen atoms in total. The molecule has 3 aliphatic rings. The lowest BCUT2D eigenvalue weighted by molar-refractivity contribution is 0.456.